The van der Waals surface area contributed by atoms with E-state index >= 15 is 0 Å². The lowest BCUT2D eigenvalue weighted by Gasteiger charge is -1.89. The molecule has 0 saturated heterocycles. The van der Waals surface area contributed by atoms with Gasteiger partial charge in [-0.05, 0) is 15.0 Å². The van der Waals surface area contributed by atoms with Gasteiger partial charge in [0.2, 0.25) is 5.82 Å². The topological polar surface area (TPSA) is 169 Å². The van der Waals surface area contributed by atoms with Crippen molar-refractivity contribution in [1.82, 2.24) is 20.1 Å². The molecule has 0 aliphatic heterocycles. The number of anilines is 1. The first-order valence-corrected chi connectivity index (χ1v) is 3.98. The molecular formula is C5H3N7O5. The van der Waals surface area contributed by atoms with Crippen molar-refractivity contribution >= 4 is 17.5 Å². The van der Waals surface area contributed by atoms with Crippen LogP contribution in [-0.4, -0.2) is 29.9 Å². The minimum absolute atomic E-state index is 0.272. The normalized spacial score (nSPS) is 10.4. The summed E-state index contributed by atoms with van der Waals surface area (Å²) in [6.07, 6.45) is 0. The lowest BCUT2D eigenvalue weighted by molar-refractivity contribution is -0.394. The van der Waals surface area contributed by atoms with Crippen molar-refractivity contribution in [1.29, 1.82) is 0 Å². The standard InChI is InChI=1S/C5H3N7O5/c6-4-5(9-17-8-4)10-3(12(15)16)1-2(7-10)11(13)14/h1H,(H2,6,8). The summed E-state index contributed by atoms with van der Waals surface area (Å²) in [6, 6.07) is 0.675. The van der Waals surface area contributed by atoms with E-state index in [-0.39, 0.29) is 11.6 Å². The molecule has 88 valence electrons. The molecule has 2 rings (SSSR count). The maximum Gasteiger partial charge on any atom is 0.420 e. The van der Waals surface area contributed by atoms with E-state index in [0.717, 1.165) is 0 Å². The molecule has 12 heteroatoms. The first kappa shape index (κ1) is 10.5. The molecule has 17 heavy (non-hydrogen) atoms. The van der Waals surface area contributed by atoms with Gasteiger partial charge >= 0.3 is 17.5 Å². The molecular weight excluding hydrogens is 238 g/mol. The van der Waals surface area contributed by atoms with Crippen LogP contribution < -0.4 is 5.73 Å². The summed E-state index contributed by atoms with van der Waals surface area (Å²) in [5.74, 6) is -1.94. The molecule has 0 saturated carbocycles. The van der Waals surface area contributed by atoms with Crippen LogP contribution in [0, 0.1) is 20.2 Å². The van der Waals surface area contributed by atoms with E-state index in [4.69, 9.17) is 5.73 Å². The second-order valence-electron chi connectivity index (χ2n) is 2.76. The Balaban J connectivity index is 2.64. The highest BCUT2D eigenvalue weighted by atomic mass is 16.6. The van der Waals surface area contributed by atoms with Gasteiger partial charge in [0.25, 0.3) is 0 Å². The number of nitrogens with zero attached hydrogens (tertiary/aromatic N) is 6. The molecule has 0 fully saturated rings. The van der Waals surface area contributed by atoms with E-state index in [1.54, 1.807) is 0 Å². The Kier molecular flexibility index (Phi) is 2.16. The van der Waals surface area contributed by atoms with Gasteiger partial charge in [-0.2, -0.15) is 0 Å². The Labute approximate surface area is 90.9 Å². The molecule has 0 unspecified atom stereocenters. The van der Waals surface area contributed by atoms with Crippen molar-refractivity contribution < 1.29 is 14.5 Å². The molecule has 0 aliphatic carbocycles. The lowest BCUT2D eigenvalue weighted by atomic mass is 10.6. The minimum atomic E-state index is -0.882. The third kappa shape index (κ3) is 1.62. The predicted molar refractivity (Wildman–Crippen MR) is 49.1 cm³/mol. The zero-order valence-electron chi connectivity index (χ0n) is 7.88. The second kappa shape index (κ2) is 3.51. The lowest BCUT2D eigenvalue weighted by Crippen LogP contribution is -2.05. The zero-order valence-corrected chi connectivity index (χ0v) is 7.88. The maximum atomic E-state index is 10.7. The Hall–Kier alpha value is -3.05. The summed E-state index contributed by atoms with van der Waals surface area (Å²) in [6.45, 7) is 0. The SMILES string of the molecule is Nc1nonc1-n1nc([N+](=O)[O-])cc1[N+](=O)[O-]. The van der Waals surface area contributed by atoms with Crippen LogP contribution in [0.15, 0.2) is 10.7 Å². The van der Waals surface area contributed by atoms with Crippen LogP contribution in [0.2, 0.25) is 0 Å². The van der Waals surface area contributed by atoms with Crippen molar-refractivity contribution in [3.63, 3.8) is 0 Å². The molecule has 0 spiro atoms. The Morgan fingerprint density at radius 3 is 2.47 bits per heavy atom. The molecule has 0 aliphatic rings. The van der Waals surface area contributed by atoms with E-state index < -0.39 is 21.5 Å². The predicted octanol–water partition coefficient (Wildman–Crippen LogP) is -0.346. The molecule has 0 radical (unpaired) electrons. The van der Waals surface area contributed by atoms with Gasteiger partial charge in [-0.3, -0.25) is 0 Å². The van der Waals surface area contributed by atoms with Gasteiger partial charge in [0.1, 0.15) is 6.07 Å². The highest BCUT2D eigenvalue weighted by molar-refractivity contribution is 5.49. The fourth-order valence-electron chi connectivity index (χ4n) is 1.07. The summed E-state index contributed by atoms with van der Waals surface area (Å²) in [5.41, 5.74) is 5.31. The minimum Gasteiger partial charge on any atom is -0.376 e. The van der Waals surface area contributed by atoms with Crippen LogP contribution in [0.5, 0.6) is 0 Å². The fraction of sp³-hybridized carbons (Fsp3) is 0. The molecule has 2 aromatic heterocycles. The summed E-state index contributed by atoms with van der Waals surface area (Å²) in [4.78, 5) is 19.4. The molecule has 2 N–H and O–H groups in total. The number of hydrogen-bond donors (Lipinski definition) is 1. The molecule has 12 nitrogen and oxygen atoms in total. The number of nitrogen functional groups attached to an aromatic ring is 1. The zero-order chi connectivity index (χ0) is 12.6. The fourth-order valence-corrected chi connectivity index (χ4v) is 1.07. The molecule has 0 bridgehead atoms. The quantitative estimate of drug-likeness (QED) is 0.557. The average molecular weight is 241 g/mol. The van der Waals surface area contributed by atoms with Crippen molar-refractivity contribution in [3.8, 4) is 5.82 Å². The van der Waals surface area contributed by atoms with E-state index in [1.165, 1.54) is 0 Å². The van der Waals surface area contributed by atoms with Gasteiger partial charge in [0.15, 0.2) is 5.10 Å². The largest absolute Gasteiger partial charge is 0.420 e. The van der Waals surface area contributed by atoms with Gasteiger partial charge < -0.3 is 26.0 Å². The van der Waals surface area contributed by atoms with Gasteiger partial charge in [-0.15, -0.1) is 0 Å². The summed E-state index contributed by atoms with van der Waals surface area (Å²) in [5, 5.41) is 30.9. The smallest absolute Gasteiger partial charge is 0.376 e. The van der Waals surface area contributed by atoms with E-state index in [1.807, 2.05) is 0 Å². The van der Waals surface area contributed by atoms with Gasteiger partial charge in [-0.25, -0.2) is 4.63 Å². The van der Waals surface area contributed by atoms with Gasteiger partial charge in [0.05, 0.1) is 0 Å². The van der Waals surface area contributed by atoms with Crippen molar-refractivity contribution in [2.75, 3.05) is 5.73 Å². The van der Waals surface area contributed by atoms with Gasteiger partial charge in [0, 0.05) is 9.84 Å². The van der Waals surface area contributed by atoms with Crippen molar-refractivity contribution in [3.05, 3.63) is 26.3 Å². The van der Waals surface area contributed by atoms with E-state index in [2.05, 4.69) is 20.0 Å². The van der Waals surface area contributed by atoms with Crippen LogP contribution in [0.4, 0.5) is 17.5 Å². The first-order valence-electron chi connectivity index (χ1n) is 3.98. The van der Waals surface area contributed by atoms with Crippen LogP contribution in [-0.2, 0) is 0 Å². The van der Waals surface area contributed by atoms with Crippen molar-refractivity contribution in [2.45, 2.75) is 0 Å². The van der Waals surface area contributed by atoms with Crippen molar-refractivity contribution in [2.24, 2.45) is 0 Å². The molecule has 0 amide bonds. The highest BCUT2D eigenvalue weighted by Crippen LogP contribution is 2.24. The number of rotatable bonds is 3. The van der Waals surface area contributed by atoms with E-state index in [0.29, 0.717) is 10.7 Å². The molecule has 2 aromatic rings. The maximum absolute atomic E-state index is 10.7. The monoisotopic (exact) mass is 241 g/mol. The Morgan fingerprint density at radius 2 is 2.00 bits per heavy atom. The molecule has 0 aromatic carbocycles. The first-order chi connectivity index (χ1) is 8.00. The van der Waals surface area contributed by atoms with E-state index in [9.17, 15) is 20.2 Å². The molecule has 2 heterocycles. The van der Waals surface area contributed by atoms with Crippen LogP contribution >= 0.6 is 0 Å². The van der Waals surface area contributed by atoms with Crippen LogP contribution in [0.3, 0.4) is 0 Å². The number of aromatic nitrogens is 4. The van der Waals surface area contributed by atoms with Crippen LogP contribution in [0.25, 0.3) is 5.82 Å². The summed E-state index contributed by atoms with van der Waals surface area (Å²) >= 11 is 0. The number of hydrogen-bond acceptors (Lipinski definition) is 9. The van der Waals surface area contributed by atoms with Gasteiger partial charge in [-0.1, -0.05) is 0 Å². The third-order valence-corrected chi connectivity index (χ3v) is 1.75. The Bertz CT molecular complexity index is 600. The number of nitro groups is 2. The summed E-state index contributed by atoms with van der Waals surface area (Å²) < 4.78 is 4.80. The third-order valence-electron chi connectivity index (χ3n) is 1.75. The molecule has 0 atom stereocenters. The van der Waals surface area contributed by atoms with Crippen LogP contribution in [0.1, 0.15) is 0 Å². The Morgan fingerprint density at radius 1 is 1.29 bits per heavy atom. The average Bonchev–Trinajstić information content (AvgIpc) is 2.82. The highest BCUT2D eigenvalue weighted by Gasteiger charge is 2.33. The summed E-state index contributed by atoms with van der Waals surface area (Å²) in [7, 11) is 0. The number of nitrogens with two attached hydrogens (primary N) is 1. The second-order valence-corrected chi connectivity index (χ2v) is 2.76.